The molecular weight excluding hydrogens is 256 g/mol. The van der Waals surface area contributed by atoms with Gasteiger partial charge < -0.3 is 9.47 Å². The number of carbonyl (C=O) groups excluding carboxylic acids is 1. The van der Waals surface area contributed by atoms with Crippen LogP contribution in [0.2, 0.25) is 0 Å². The minimum absolute atomic E-state index is 0.0984. The molecule has 0 bridgehead atoms. The highest BCUT2D eigenvalue weighted by atomic mass is 16.5. The first-order valence-electron chi connectivity index (χ1n) is 6.77. The molecule has 0 aliphatic heterocycles. The summed E-state index contributed by atoms with van der Waals surface area (Å²) in [5.41, 5.74) is 1.73. The maximum atomic E-state index is 11.5. The number of carbonyl (C=O) groups is 1. The van der Waals surface area contributed by atoms with Crippen LogP contribution in [0.15, 0.2) is 18.2 Å². The first-order valence-corrected chi connectivity index (χ1v) is 6.77. The van der Waals surface area contributed by atoms with Gasteiger partial charge in [-0.05, 0) is 37.1 Å². The molecular formula is C15H20N2O3. The van der Waals surface area contributed by atoms with Gasteiger partial charge in [-0.25, -0.2) is 4.79 Å². The van der Waals surface area contributed by atoms with Crippen molar-refractivity contribution in [3.05, 3.63) is 23.8 Å². The van der Waals surface area contributed by atoms with Gasteiger partial charge in [-0.3, -0.25) is 5.32 Å². The summed E-state index contributed by atoms with van der Waals surface area (Å²) in [4.78, 5) is 11.5. The summed E-state index contributed by atoms with van der Waals surface area (Å²) in [5, 5.41) is 11.0. The normalized spacial score (nSPS) is 9.65. The Morgan fingerprint density at radius 3 is 2.85 bits per heavy atom. The van der Waals surface area contributed by atoms with E-state index < -0.39 is 6.09 Å². The number of anilines is 1. The van der Waals surface area contributed by atoms with Gasteiger partial charge in [-0.1, -0.05) is 13.3 Å². The maximum absolute atomic E-state index is 11.5. The van der Waals surface area contributed by atoms with Crippen molar-refractivity contribution in [2.24, 2.45) is 0 Å². The summed E-state index contributed by atoms with van der Waals surface area (Å²) in [6.45, 7) is 4.74. The molecule has 0 saturated heterocycles. The lowest BCUT2D eigenvalue weighted by Gasteiger charge is -2.12. The average Bonchev–Trinajstić information content (AvgIpc) is 2.42. The number of hydrogen-bond donors (Lipinski definition) is 1. The van der Waals surface area contributed by atoms with Gasteiger partial charge >= 0.3 is 6.09 Å². The number of nitrogens with zero attached hydrogens (tertiary/aromatic N) is 1. The predicted octanol–water partition coefficient (Wildman–Crippen LogP) is 3.50. The Bertz CT molecular complexity index is 480. The smallest absolute Gasteiger partial charge is 0.411 e. The lowest BCUT2D eigenvalue weighted by Crippen LogP contribution is -2.14. The first kappa shape index (κ1) is 15.8. The van der Waals surface area contributed by atoms with E-state index in [2.05, 4.69) is 12.2 Å². The number of rotatable bonds is 7. The van der Waals surface area contributed by atoms with Crippen molar-refractivity contribution in [1.29, 1.82) is 5.26 Å². The molecule has 0 unspecified atom stereocenters. The van der Waals surface area contributed by atoms with E-state index in [-0.39, 0.29) is 13.0 Å². The van der Waals surface area contributed by atoms with Crippen LogP contribution in [0.1, 0.15) is 32.3 Å². The van der Waals surface area contributed by atoms with E-state index in [4.69, 9.17) is 14.7 Å². The number of benzene rings is 1. The molecule has 0 aliphatic rings. The van der Waals surface area contributed by atoms with Crippen molar-refractivity contribution < 1.29 is 14.3 Å². The van der Waals surface area contributed by atoms with Gasteiger partial charge in [0.25, 0.3) is 0 Å². The summed E-state index contributed by atoms with van der Waals surface area (Å²) in [7, 11) is 0. The fourth-order valence-electron chi connectivity index (χ4n) is 1.76. The quantitative estimate of drug-likeness (QED) is 0.774. The van der Waals surface area contributed by atoms with Gasteiger partial charge in [0.1, 0.15) is 12.4 Å². The second-order valence-corrected chi connectivity index (χ2v) is 4.17. The first-order chi connectivity index (χ1) is 9.71. The van der Waals surface area contributed by atoms with Crippen molar-refractivity contribution in [3.63, 3.8) is 0 Å². The fourth-order valence-corrected chi connectivity index (χ4v) is 1.76. The second kappa shape index (κ2) is 8.81. The van der Waals surface area contributed by atoms with Gasteiger partial charge in [-0.2, -0.15) is 5.26 Å². The van der Waals surface area contributed by atoms with Crippen LogP contribution in [-0.4, -0.2) is 19.3 Å². The highest BCUT2D eigenvalue weighted by Crippen LogP contribution is 2.24. The van der Waals surface area contributed by atoms with E-state index in [1.807, 2.05) is 25.1 Å². The fraction of sp³-hybridized carbons (Fsp3) is 0.467. The molecule has 0 aromatic heterocycles. The summed E-state index contributed by atoms with van der Waals surface area (Å²) in [5.74, 6) is 0.845. The van der Waals surface area contributed by atoms with E-state index >= 15 is 0 Å². The van der Waals surface area contributed by atoms with Crippen molar-refractivity contribution in [2.75, 3.05) is 18.5 Å². The van der Waals surface area contributed by atoms with E-state index in [1.165, 1.54) is 0 Å². The molecule has 108 valence electrons. The van der Waals surface area contributed by atoms with Crippen LogP contribution in [0.25, 0.3) is 0 Å². The SMILES string of the molecule is CCCc1cc(NC(=O)OCCC#N)ccc1OCC. The van der Waals surface area contributed by atoms with Crippen LogP contribution in [0.5, 0.6) is 5.75 Å². The van der Waals surface area contributed by atoms with Crippen LogP contribution in [0.3, 0.4) is 0 Å². The Hall–Kier alpha value is -2.22. The van der Waals surface area contributed by atoms with Crippen LogP contribution in [-0.2, 0) is 11.2 Å². The number of ether oxygens (including phenoxy) is 2. The lowest BCUT2D eigenvalue weighted by molar-refractivity contribution is 0.164. The van der Waals surface area contributed by atoms with E-state index in [1.54, 1.807) is 6.07 Å². The largest absolute Gasteiger partial charge is 0.494 e. The van der Waals surface area contributed by atoms with Gasteiger partial charge in [0.2, 0.25) is 0 Å². The minimum Gasteiger partial charge on any atom is -0.494 e. The Labute approximate surface area is 119 Å². The third kappa shape index (κ3) is 5.19. The van der Waals surface area contributed by atoms with Crippen molar-refractivity contribution in [3.8, 4) is 11.8 Å². The Kier molecular flexibility index (Phi) is 6.97. The van der Waals surface area contributed by atoms with Crippen LogP contribution in [0.4, 0.5) is 10.5 Å². The van der Waals surface area contributed by atoms with Gasteiger partial charge in [-0.15, -0.1) is 0 Å². The monoisotopic (exact) mass is 276 g/mol. The van der Waals surface area contributed by atoms with Crippen LogP contribution in [0, 0.1) is 11.3 Å². The lowest BCUT2D eigenvalue weighted by atomic mass is 10.1. The van der Waals surface area contributed by atoms with Crippen LogP contribution >= 0.6 is 0 Å². The molecule has 1 aromatic carbocycles. The third-order valence-electron chi connectivity index (χ3n) is 2.57. The highest BCUT2D eigenvalue weighted by molar-refractivity contribution is 5.84. The number of nitriles is 1. The zero-order valence-corrected chi connectivity index (χ0v) is 11.9. The summed E-state index contributed by atoms with van der Waals surface area (Å²) >= 11 is 0. The molecule has 0 spiro atoms. The molecule has 5 nitrogen and oxygen atoms in total. The predicted molar refractivity (Wildman–Crippen MR) is 76.8 cm³/mol. The van der Waals surface area contributed by atoms with E-state index in [0.717, 1.165) is 24.2 Å². The Morgan fingerprint density at radius 2 is 2.20 bits per heavy atom. The maximum Gasteiger partial charge on any atom is 0.411 e. The Balaban J connectivity index is 2.68. The van der Waals surface area contributed by atoms with Crippen molar-refractivity contribution in [2.45, 2.75) is 33.1 Å². The number of nitrogens with one attached hydrogen (secondary N) is 1. The highest BCUT2D eigenvalue weighted by Gasteiger charge is 2.07. The van der Waals surface area contributed by atoms with E-state index in [9.17, 15) is 4.79 Å². The minimum atomic E-state index is -0.549. The standard InChI is InChI=1S/C15H20N2O3/c1-3-6-12-11-13(7-8-14(12)19-4-2)17-15(18)20-10-5-9-16/h7-8,11H,3-6,10H2,1-2H3,(H,17,18). The number of amides is 1. The Morgan fingerprint density at radius 1 is 1.40 bits per heavy atom. The second-order valence-electron chi connectivity index (χ2n) is 4.17. The van der Waals surface area contributed by atoms with Gasteiger partial charge in [0, 0.05) is 5.69 Å². The summed E-state index contributed by atoms with van der Waals surface area (Å²) in [6, 6.07) is 7.42. The molecule has 0 atom stereocenters. The van der Waals surface area contributed by atoms with Crippen molar-refractivity contribution in [1.82, 2.24) is 0 Å². The summed E-state index contributed by atoms with van der Waals surface area (Å²) in [6.07, 6.45) is 1.52. The van der Waals surface area contributed by atoms with E-state index in [0.29, 0.717) is 12.3 Å². The third-order valence-corrected chi connectivity index (χ3v) is 2.57. The molecule has 1 aromatic rings. The molecule has 20 heavy (non-hydrogen) atoms. The molecule has 0 saturated carbocycles. The zero-order chi connectivity index (χ0) is 14.8. The molecule has 0 heterocycles. The molecule has 1 N–H and O–H groups in total. The molecule has 1 rings (SSSR count). The van der Waals surface area contributed by atoms with Crippen molar-refractivity contribution >= 4 is 11.8 Å². The zero-order valence-electron chi connectivity index (χ0n) is 11.9. The molecule has 0 fully saturated rings. The summed E-state index contributed by atoms with van der Waals surface area (Å²) < 4.78 is 10.4. The molecule has 5 heteroatoms. The number of aryl methyl sites for hydroxylation is 1. The molecule has 1 amide bonds. The van der Waals surface area contributed by atoms with Crippen LogP contribution < -0.4 is 10.1 Å². The number of hydrogen-bond acceptors (Lipinski definition) is 4. The van der Waals surface area contributed by atoms with Gasteiger partial charge in [0.05, 0.1) is 19.1 Å². The van der Waals surface area contributed by atoms with Gasteiger partial charge in [0.15, 0.2) is 0 Å². The molecule has 0 aliphatic carbocycles. The average molecular weight is 276 g/mol. The topological polar surface area (TPSA) is 71.3 Å². The molecule has 0 radical (unpaired) electrons.